The molecule has 0 unspecified atom stereocenters. The molecule has 3 rings (SSSR count). The standard InChI is InChI=1S/C18H18N4O2S/c23-17(6-9-19-18(24)15-7-11-25-13-15)20-12-14-4-1-2-5-16(14)22-10-3-8-21-22/h1-5,7-8,10-11,13H,6,9,12H2,(H,19,24)(H,20,23). The zero-order valence-corrected chi connectivity index (χ0v) is 14.3. The number of aromatic nitrogens is 2. The third-order valence-electron chi connectivity index (χ3n) is 3.64. The van der Waals surface area contributed by atoms with Crippen LogP contribution >= 0.6 is 11.3 Å². The highest BCUT2D eigenvalue weighted by Gasteiger charge is 2.08. The average Bonchev–Trinajstić information content (AvgIpc) is 3.33. The Kier molecular flexibility index (Phi) is 5.58. The van der Waals surface area contributed by atoms with Crippen LogP contribution in [0.25, 0.3) is 5.69 Å². The van der Waals surface area contributed by atoms with Gasteiger partial charge in [-0.05, 0) is 29.1 Å². The van der Waals surface area contributed by atoms with E-state index in [1.54, 1.807) is 22.3 Å². The fourth-order valence-corrected chi connectivity index (χ4v) is 3.00. The molecule has 0 fully saturated rings. The van der Waals surface area contributed by atoms with Crippen LogP contribution in [0.2, 0.25) is 0 Å². The van der Waals surface area contributed by atoms with E-state index in [-0.39, 0.29) is 18.2 Å². The second-order valence-corrected chi connectivity index (χ2v) is 6.15. The molecule has 25 heavy (non-hydrogen) atoms. The van der Waals surface area contributed by atoms with Gasteiger partial charge in [0, 0.05) is 42.8 Å². The van der Waals surface area contributed by atoms with E-state index in [9.17, 15) is 9.59 Å². The number of hydrogen-bond donors (Lipinski definition) is 2. The van der Waals surface area contributed by atoms with E-state index in [0.717, 1.165) is 11.3 Å². The quantitative estimate of drug-likeness (QED) is 0.684. The van der Waals surface area contributed by atoms with E-state index in [2.05, 4.69) is 15.7 Å². The minimum absolute atomic E-state index is 0.110. The number of carbonyl (C=O) groups excluding carboxylic acids is 2. The molecule has 0 saturated heterocycles. The van der Waals surface area contributed by atoms with Crippen LogP contribution in [0.15, 0.2) is 59.6 Å². The van der Waals surface area contributed by atoms with E-state index in [4.69, 9.17) is 0 Å². The van der Waals surface area contributed by atoms with E-state index >= 15 is 0 Å². The van der Waals surface area contributed by atoms with E-state index < -0.39 is 0 Å². The van der Waals surface area contributed by atoms with E-state index in [1.807, 2.05) is 41.9 Å². The lowest BCUT2D eigenvalue weighted by Gasteiger charge is -2.11. The number of rotatable bonds is 7. The van der Waals surface area contributed by atoms with Crippen molar-refractivity contribution in [3.05, 3.63) is 70.7 Å². The van der Waals surface area contributed by atoms with Crippen LogP contribution < -0.4 is 10.6 Å². The smallest absolute Gasteiger partial charge is 0.252 e. The molecule has 0 spiro atoms. The zero-order chi connectivity index (χ0) is 17.5. The van der Waals surface area contributed by atoms with E-state index in [1.165, 1.54) is 11.3 Å². The normalized spacial score (nSPS) is 10.4. The Morgan fingerprint density at radius 3 is 2.76 bits per heavy atom. The molecule has 3 aromatic rings. The van der Waals surface area contributed by atoms with Crippen molar-refractivity contribution in [2.24, 2.45) is 0 Å². The number of para-hydroxylation sites is 1. The maximum atomic E-state index is 12.0. The summed E-state index contributed by atoms with van der Waals surface area (Å²) in [4.78, 5) is 23.8. The predicted molar refractivity (Wildman–Crippen MR) is 96.7 cm³/mol. The lowest BCUT2D eigenvalue weighted by atomic mass is 10.1. The topological polar surface area (TPSA) is 76.0 Å². The van der Waals surface area contributed by atoms with Crippen LogP contribution in [-0.2, 0) is 11.3 Å². The predicted octanol–water partition coefficient (Wildman–Crippen LogP) is 2.37. The third-order valence-corrected chi connectivity index (χ3v) is 4.32. The van der Waals surface area contributed by atoms with Gasteiger partial charge in [-0.15, -0.1) is 0 Å². The fourth-order valence-electron chi connectivity index (χ4n) is 2.36. The first-order valence-corrected chi connectivity index (χ1v) is 8.83. The first-order valence-electron chi connectivity index (χ1n) is 7.89. The van der Waals surface area contributed by atoms with Gasteiger partial charge in [-0.1, -0.05) is 18.2 Å². The molecule has 0 aliphatic carbocycles. The summed E-state index contributed by atoms with van der Waals surface area (Å²) in [5, 5.41) is 13.5. The highest BCUT2D eigenvalue weighted by atomic mass is 32.1. The first kappa shape index (κ1) is 16.9. The molecule has 2 N–H and O–H groups in total. The van der Waals surface area contributed by atoms with Gasteiger partial charge in [-0.25, -0.2) is 4.68 Å². The molecule has 6 nitrogen and oxygen atoms in total. The third kappa shape index (κ3) is 4.54. The van der Waals surface area contributed by atoms with Crippen molar-refractivity contribution in [2.45, 2.75) is 13.0 Å². The Labute approximate surface area is 149 Å². The van der Waals surface area contributed by atoms with Crippen LogP contribution in [0.1, 0.15) is 22.3 Å². The minimum Gasteiger partial charge on any atom is -0.352 e. The number of thiophene rings is 1. The Balaban J connectivity index is 1.47. The Bertz CT molecular complexity index is 829. The molecule has 0 aliphatic heterocycles. The maximum absolute atomic E-state index is 12.0. The summed E-state index contributed by atoms with van der Waals surface area (Å²) in [6, 6.07) is 11.4. The molecular formula is C18H18N4O2S. The molecule has 2 amide bonds. The summed E-state index contributed by atoms with van der Waals surface area (Å²) in [7, 11) is 0. The monoisotopic (exact) mass is 354 g/mol. The van der Waals surface area contributed by atoms with Crippen LogP contribution in [0, 0.1) is 0 Å². The van der Waals surface area contributed by atoms with Crippen LogP contribution in [0.3, 0.4) is 0 Å². The summed E-state index contributed by atoms with van der Waals surface area (Å²) in [6.07, 6.45) is 3.81. The second kappa shape index (κ2) is 8.25. The van der Waals surface area contributed by atoms with Gasteiger partial charge in [0.05, 0.1) is 5.69 Å². The van der Waals surface area contributed by atoms with Crippen molar-refractivity contribution in [3.8, 4) is 5.69 Å². The zero-order valence-electron chi connectivity index (χ0n) is 13.5. The van der Waals surface area contributed by atoms with E-state index in [0.29, 0.717) is 18.7 Å². The van der Waals surface area contributed by atoms with Crippen LogP contribution in [0.4, 0.5) is 0 Å². The van der Waals surface area contributed by atoms with Gasteiger partial charge in [0.1, 0.15) is 0 Å². The summed E-state index contributed by atoms with van der Waals surface area (Å²) in [5.41, 5.74) is 2.53. The minimum atomic E-state index is -0.155. The lowest BCUT2D eigenvalue weighted by Crippen LogP contribution is -2.30. The lowest BCUT2D eigenvalue weighted by molar-refractivity contribution is -0.121. The van der Waals surface area contributed by atoms with Crippen molar-refractivity contribution >= 4 is 23.2 Å². The molecule has 0 radical (unpaired) electrons. The molecule has 1 aromatic carbocycles. The number of nitrogens with one attached hydrogen (secondary N) is 2. The van der Waals surface area contributed by atoms with Crippen molar-refractivity contribution in [1.29, 1.82) is 0 Å². The maximum Gasteiger partial charge on any atom is 0.252 e. The van der Waals surface area contributed by atoms with Crippen molar-refractivity contribution < 1.29 is 9.59 Å². The molecular weight excluding hydrogens is 336 g/mol. The van der Waals surface area contributed by atoms with Gasteiger partial charge in [0.25, 0.3) is 5.91 Å². The summed E-state index contributed by atoms with van der Waals surface area (Å²) >= 11 is 1.47. The second-order valence-electron chi connectivity index (χ2n) is 5.37. The molecule has 7 heteroatoms. The summed E-state index contributed by atoms with van der Waals surface area (Å²) in [5.74, 6) is -0.265. The summed E-state index contributed by atoms with van der Waals surface area (Å²) in [6.45, 7) is 0.717. The molecule has 2 heterocycles. The number of carbonyl (C=O) groups is 2. The van der Waals surface area contributed by atoms with Gasteiger partial charge in [0.15, 0.2) is 0 Å². The number of amides is 2. The SMILES string of the molecule is O=C(CCNC(=O)c1ccsc1)NCc1ccccc1-n1cccn1. The Morgan fingerprint density at radius 1 is 1.12 bits per heavy atom. The molecule has 0 bridgehead atoms. The molecule has 0 aliphatic rings. The molecule has 2 aromatic heterocycles. The van der Waals surface area contributed by atoms with Crippen LogP contribution in [-0.4, -0.2) is 28.1 Å². The van der Waals surface area contributed by atoms with Crippen molar-refractivity contribution in [2.75, 3.05) is 6.54 Å². The Morgan fingerprint density at radius 2 is 2.00 bits per heavy atom. The highest BCUT2D eigenvalue weighted by Crippen LogP contribution is 2.13. The van der Waals surface area contributed by atoms with Gasteiger partial charge < -0.3 is 10.6 Å². The fraction of sp³-hybridized carbons (Fsp3) is 0.167. The largest absolute Gasteiger partial charge is 0.352 e. The van der Waals surface area contributed by atoms with Crippen LogP contribution in [0.5, 0.6) is 0 Å². The van der Waals surface area contributed by atoms with Gasteiger partial charge in [0.2, 0.25) is 5.91 Å². The van der Waals surface area contributed by atoms with Gasteiger partial charge in [-0.3, -0.25) is 9.59 Å². The molecule has 0 saturated carbocycles. The highest BCUT2D eigenvalue weighted by molar-refractivity contribution is 7.08. The number of nitrogens with zero attached hydrogens (tertiary/aromatic N) is 2. The van der Waals surface area contributed by atoms with Gasteiger partial charge in [-0.2, -0.15) is 16.4 Å². The Hall–Kier alpha value is -2.93. The van der Waals surface area contributed by atoms with Crippen molar-refractivity contribution in [1.82, 2.24) is 20.4 Å². The molecule has 0 atom stereocenters. The number of hydrogen-bond acceptors (Lipinski definition) is 4. The molecule has 128 valence electrons. The average molecular weight is 354 g/mol. The first-order chi connectivity index (χ1) is 12.2. The van der Waals surface area contributed by atoms with Gasteiger partial charge >= 0.3 is 0 Å². The summed E-state index contributed by atoms with van der Waals surface area (Å²) < 4.78 is 1.77. The number of benzene rings is 1. The van der Waals surface area contributed by atoms with Crippen molar-refractivity contribution in [3.63, 3.8) is 0 Å².